The second kappa shape index (κ2) is 10.8. The Labute approximate surface area is 182 Å². The fourth-order valence-electron chi connectivity index (χ4n) is 3.58. The lowest BCUT2D eigenvalue weighted by Gasteiger charge is -2.36. The molecule has 1 aliphatic rings. The highest BCUT2D eigenvalue weighted by Gasteiger charge is 2.23. The van der Waals surface area contributed by atoms with E-state index in [0.717, 1.165) is 24.3 Å². The molecule has 1 heterocycles. The van der Waals surface area contributed by atoms with Crippen molar-refractivity contribution in [1.82, 2.24) is 15.1 Å². The summed E-state index contributed by atoms with van der Waals surface area (Å²) in [6, 6.07) is 13.2. The van der Waals surface area contributed by atoms with E-state index in [1.54, 1.807) is 24.3 Å². The number of halogens is 1. The van der Waals surface area contributed by atoms with Gasteiger partial charge in [-0.25, -0.2) is 4.39 Å². The van der Waals surface area contributed by atoms with Crippen LogP contribution in [0.15, 0.2) is 48.5 Å². The Balaban J connectivity index is 1.43. The third-order valence-corrected chi connectivity index (χ3v) is 5.43. The van der Waals surface area contributed by atoms with Crippen LogP contribution in [0.4, 0.5) is 10.1 Å². The zero-order chi connectivity index (χ0) is 22.2. The van der Waals surface area contributed by atoms with Crippen molar-refractivity contribution in [2.24, 2.45) is 0 Å². The van der Waals surface area contributed by atoms with Gasteiger partial charge in [-0.2, -0.15) is 0 Å². The van der Waals surface area contributed by atoms with Crippen LogP contribution in [0.5, 0.6) is 5.75 Å². The number of phenols is 1. The van der Waals surface area contributed by atoms with E-state index in [4.69, 9.17) is 0 Å². The molecule has 7 nitrogen and oxygen atoms in total. The van der Waals surface area contributed by atoms with Gasteiger partial charge < -0.3 is 20.2 Å². The van der Waals surface area contributed by atoms with E-state index in [1.807, 2.05) is 19.1 Å². The van der Waals surface area contributed by atoms with Gasteiger partial charge in [0.25, 0.3) is 0 Å². The lowest BCUT2D eigenvalue weighted by molar-refractivity contribution is -0.136. The summed E-state index contributed by atoms with van der Waals surface area (Å²) in [5, 5.41) is 12.8. The second-order valence-electron chi connectivity index (χ2n) is 7.56. The van der Waals surface area contributed by atoms with Crippen molar-refractivity contribution in [3.05, 3.63) is 59.9 Å². The first-order valence-electron chi connectivity index (χ1n) is 10.5. The van der Waals surface area contributed by atoms with E-state index in [-0.39, 0.29) is 36.5 Å². The predicted octanol–water partition coefficient (Wildman–Crippen LogP) is 1.82. The molecule has 0 aromatic heterocycles. The Morgan fingerprint density at radius 2 is 1.74 bits per heavy atom. The molecule has 2 amide bonds. The van der Waals surface area contributed by atoms with Gasteiger partial charge in [-0.1, -0.05) is 24.3 Å². The molecule has 1 aliphatic heterocycles. The molecule has 2 aromatic rings. The van der Waals surface area contributed by atoms with Gasteiger partial charge in [-0.05, 0) is 36.8 Å². The van der Waals surface area contributed by atoms with Gasteiger partial charge in [0.1, 0.15) is 11.6 Å². The zero-order valence-electron chi connectivity index (χ0n) is 17.8. The van der Waals surface area contributed by atoms with Crippen molar-refractivity contribution < 1.29 is 19.1 Å². The molecule has 166 valence electrons. The second-order valence-corrected chi connectivity index (χ2v) is 7.56. The van der Waals surface area contributed by atoms with E-state index >= 15 is 0 Å². The maximum absolute atomic E-state index is 13.0. The molecule has 0 radical (unpaired) electrons. The van der Waals surface area contributed by atoms with Crippen molar-refractivity contribution >= 4 is 17.5 Å². The number of amides is 2. The van der Waals surface area contributed by atoms with E-state index in [0.29, 0.717) is 26.2 Å². The first-order valence-corrected chi connectivity index (χ1v) is 10.5. The summed E-state index contributed by atoms with van der Waals surface area (Å²) in [6.07, 6.45) is 0. The van der Waals surface area contributed by atoms with Crippen LogP contribution in [-0.2, 0) is 16.1 Å². The number of nitrogens with zero attached hydrogens (tertiary/aromatic N) is 3. The number of rotatable bonds is 8. The van der Waals surface area contributed by atoms with Crippen molar-refractivity contribution in [2.45, 2.75) is 13.5 Å². The average molecular weight is 429 g/mol. The highest BCUT2D eigenvalue weighted by Crippen LogP contribution is 2.27. The third kappa shape index (κ3) is 6.42. The summed E-state index contributed by atoms with van der Waals surface area (Å²) in [5.41, 5.74) is 1.60. The van der Waals surface area contributed by atoms with Crippen LogP contribution in [0.25, 0.3) is 0 Å². The number of phenolic OH excluding ortho intramolecular Hbond substituents is 1. The van der Waals surface area contributed by atoms with E-state index in [9.17, 15) is 19.1 Å². The molecule has 3 rings (SSSR count). The molecule has 0 saturated carbocycles. The van der Waals surface area contributed by atoms with Gasteiger partial charge in [0.2, 0.25) is 11.8 Å². The molecule has 2 aromatic carbocycles. The first kappa shape index (κ1) is 22.6. The topological polar surface area (TPSA) is 76.1 Å². The Bertz CT molecular complexity index is 883. The summed E-state index contributed by atoms with van der Waals surface area (Å²) in [6.45, 7) is 5.68. The molecule has 2 N–H and O–H groups in total. The van der Waals surface area contributed by atoms with Gasteiger partial charge in [-0.15, -0.1) is 0 Å². The maximum atomic E-state index is 13.0. The molecule has 0 aliphatic carbocycles. The summed E-state index contributed by atoms with van der Waals surface area (Å²) >= 11 is 0. The molecular weight excluding hydrogens is 399 g/mol. The Morgan fingerprint density at radius 3 is 2.39 bits per heavy atom. The van der Waals surface area contributed by atoms with E-state index < -0.39 is 0 Å². The number of carbonyl (C=O) groups excluding carboxylic acids is 2. The highest BCUT2D eigenvalue weighted by molar-refractivity contribution is 5.85. The maximum Gasteiger partial charge on any atom is 0.239 e. The molecular formula is C23H29FN4O3. The lowest BCUT2D eigenvalue weighted by Crippen LogP contribution is -2.51. The summed E-state index contributed by atoms with van der Waals surface area (Å²) < 4.78 is 13.0. The fourth-order valence-corrected chi connectivity index (χ4v) is 3.58. The molecule has 1 fully saturated rings. The number of anilines is 1. The smallest absolute Gasteiger partial charge is 0.239 e. The minimum absolute atomic E-state index is 0.00557. The van der Waals surface area contributed by atoms with Gasteiger partial charge in [0.05, 0.1) is 18.8 Å². The SMILES string of the molecule is CCN(CC(=O)NCc1ccc(F)cc1)C(=O)CN1CCN(c2ccccc2O)CC1. The van der Waals surface area contributed by atoms with Gasteiger partial charge in [-0.3, -0.25) is 14.5 Å². The summed E-state index contributed by atoms with van der Waals surface area (Å²) in [7, 11) is 0. The molecule has 31 heavy (non-hydrogen) atoms. The Morgan fingerprint density at radius 1 is 1.06 bits per heavy atom. The number of hydrogen-bond donors (Lipinski definition) is 2. The van der Waals surface area contributed by atoms with Crippen LogP contribution in [0, 0.1) is 5.82 Å². The minimum Gasteiger partial charge on any atom is -0.506 e. The molecule has 0 atom stereocenters. The minimum atomic E-state index is -0.320. The zero-order valence-corrected chi connectivity index (χ0v) is 17.8. The normalized spacial score (nSPS) is 14.3. The number of nitrogens with one attached hydrogen (secondary N) is 1. The van der Waals surface area contributed by atoms with Crippen LogP contribution in [0.1, 0.15) is 12.5 Å². The number of piperazine rings is 1. The number of benzene rings is 2. The first-order chi connectivity index (χ1) is 15.0. The number of aromatic hydroxyl groups is 1. The molecule has 0 bridgehead atoms. The third-order valence-electron chi connectivity index (χ3n) is 5.43. The number of carbonyl (C=O) groups is 2. The quantitative estimate of drug-likeness (QED) is 0.671. The van der Waals surface area contributed by atoms with Gasteiger partial charge >= 0.3 is 0 Å². The standard InChI is InChI=1S/C23H29FN4O3/c1-2-27(16-22(30)25-15-18-7-9-19(24)10-8-18)23(31)17-26-11-13-28(14-12-26)20-5-3-4-6-21(20)29/h3-10,29H,2,11-17H2,1H3,(H,25,30). The van der Waals surface area contributed by atoms with Gasteiger partial charge in [0.15, 0.2) is 0 Å². The number of hydrogen-bond acceptors (Lipinski definition) is 5. The van der Waals surface area contributed by atoms with E-state index in [2.05, 4.69) is 15.1 Å². The predicted molar refractivity (Wildman–Crippen MR) is 117 cm³/mol. The van der Waals surface area contributed by atoms with Crippen LogP contribution in [-0.4, -0.2) is 72.5 Å². The highest BCUT2D eigenvalue weighted by atomic mass is 19.1. The van der Waals surface area contributed by atoms with Gasteiger partial charge in [0, 0.05) is 39.3 Å². The van der Waals surface area contributed by atoms with Crippen LogP contribution in [0.3, 0.4) is 0 Å². The Kier molecular flexibility index (Phi) is 7.83. The number of likely N-dealkylation sites (N-methyl/N-ethyl adjacent to an activating group) is 1. The van der Waals surface area contributed by atoms with Crippen LogP contribution in [0.2, 0.25) is 0 Å². The molecule has 0 spiro atoms. The fraction of sp³-hybridized carbons (Fsp3) is 0.391. The largest absolute Gasteiger partial charge is 0.506 e. The van der Waals surface area contributed by atoms with Crippen molar-refractivity contribution in [2.75, 3.05) is 50.7 Å². The number of para-hydroxylation sites is 2. The lowest BCUT2D eigenvalue weighted by atomic mass is 10.2. The van der Waals surface area contributed by atoms with Crippen molar-refractivity contribution in [1.29, 1.82) is 0 Å². The van der Waals surface area contributed by atoms with E-state index in [1.165, 1.54) is 17.0 Å². The molecule has 1 saturated heterocycles. The van der Waals surface area contributed by atoms with Crippen LogP contribution >= 0.6 is 0 Å². The van der Waals surface area contributed by atoms with Crippen LogP contribution < -0.4 is 10.2 Å². The van der Waals surface area contributed by atoms with Crippen molar-refractivity contribution in [3.8, 4) is 5.75 Å². The summed E-state index contributed by atoms with van der Waals surface area (Å²) in [5.74, 6) is -0.394. The average Bonchev–Trinajstić information content (AvgIpc) is 2.78. The monoisotopic (exact) mass is 428 g/mol. The Hall–Kier alpha value is -3.13. The molecule has 8 heteroatoms. The van der Waals surface area contributed by atoms with Crippen molar-refractivity contribution in [3.63, 3.8) is 0 Å². The molecule has 0 unspecified atom stereocenters. The summed E-state index contributed by atoms with van der Waals surface area (Å²) in [4.78, 5) is 30.7.